The molecule has 2 N–H and O–H groups in total. The van der Waals surface area contributed by atoms with E-state index >= 15 is 0 Å². The summed E-state index contributed by atoms with van der Waals surface area (Å²) < 4.78 is 13.1. The monoisotopic (exact) mass is 255 g/mol. The van der Waals surface area contributed by atoms with Gasteiger partial charge >= 0.3 is 0 Å². The maximum absolute atomic E-state index is 13.1. The van der Waals surface area contributed by atoms with E-state index in [1.807, 2.05) is 24.8 Å². The van der Waals surface area contributed by atoms with Gasteiger partial charge in [-0.3, -0.25) is 0 Å². The molecule has 96 valence electrons. The van der Waals surface area contributed by atoms with Crippen LogP contribution in [0, 0.1) is 18.7 Å². The van der Waals surface area contributed by atoms with E-state index in [9.17, 15) is 4.39 Å². The highest BCUT2D eigenvalue weighted by molar-refractivity contribution is 7.99. The zero-order chi connectivity index (χ0) is 12.8. The zero-order valence-corrected chi connectivity index (χ0v) is 11.7. The Morgan fingerprint density at radius 2 is 2.00 bits per heavy atom. The summed E-state index contributed by atoms with van der Waals surface area (Å²) in [5.41, 5.74) is 8.22. The fourth-order valence-electron chi connectivity index (χ4n) is 1.66. The van der Waals surface area contributed by atoms with Crippen molar-refractivity contribution in [2.24, 2.45) is 11.7 Å². The normalized spacial score (nSPS) is 13.1. The lowest BCUT2D eigenvalue weighted by Crippen LogP contribution is -2.26. The van der Waals surface area contributed by atoms with Crippen LogP contribution in [0.1, 0.15) is 25.0 Å². The van der Waals surface area contributed by atoms with Crippen molar-refractivity contribution in [1.29, 1.82) is 0 Å². The van der Waals surface area contributed by atoms with Crippen LogP contribution in [0.5, 0.6) is 0 Å². The molecule has 0 bridgehead atoms. The average molecular weight is 255 g/mol. The maximum Gasteiger partial charge on any atom is 0.123 e. The summed E-state index contributed by atoms with van der Waals surface area (Å²) in [4.78, 5) is 0. The molecule has 0 aliphatic heterocycles. The van der Waals surface area contributed by atoms with Crippen molar-refractivity contribution in [3.05, 3.63) is 35.1 Å². The molecule has 0 radical (unpaired) electrons. The predicted octanol–water partition coefficient (Wildman–Crippen LogP) is 3.39. The van der Waals surface area contributed by atoms with Gasteiger partial charge in [0.1, 0.15) is 5.82 Å². The zero-order valence-electron chi connectivity index (χ0n) is 10.9. The van der Waals surface area contributed by atoms with Crippen molar-refractivity contribution in [2.45, 2.75) is 33.2 Å². The van der Waals surface area contributed by atoms with Crippen molar-refractivity contribution in [3.63, 3.8) is 0 Å². The largest absolute Gasteiger partial charge is 0.327 e. The van der Waals surface area contributed by atoms with Gasteiger partial charge in [-0.25, -0.2) is 4.39 Å². The second kappa shape index (κ2) is 7.02. The van der Waals surface area contributed by atoms with E-state index < -0.39 is 0 Å². The number of benzene rings is 1. The Hall–Kier alpha value is -0.540. The van der Waals surface area contributed by atoms with Gasteiger partial charge in [0.2, 0.25) is 0 Å². The van der Waals surface area contributed by atoms with Gasteiger partial charge in [-0.1, -0.05) is 19.9 Å². The second-order valence-corrected chi connectivity index (χ2v) is 6.04. The Bertz CT molecular complexity index is 352. The number of rotatable bonds is 6. The summed E-state index contributed by atoms with van der Waals surface area (Å²) in [5.74, 6) is 2.60. The summed E-state index contributed by atoms with van der Waals surface area (Å²) in [6.45, 7) is 6.41. The fraction of sp³-hybridized carbons (Fsp3) is 0.571. The van der Waals surface area contributed by atoms with Crippen LogP contribution < -0.4 is 5.73 Å². The minimum Gasteiger partial charge on any atom is -0.327 e. The Morgan fingerprint density at radius 1 is 1.29 bits per heavy atom. The van der Waals surface area contributed by atoms with Gasteiger partial charge in [0.25, 0.3) is 0 Å². The van der Waals surface area contributed by atoms with Crippen LogP contribution in [0.15, 0.2) is 18.2 Å². The highest BCUT2D eigenvalue weighted by Gasteiger charge is 2.08. The lowest BCUT2D eigenvalue weighted by Gasteiger charge is -2.14. The van der Waals surface area contributed by atoms with Crippen molar-refractivity contribution in [2.75, 3.05) is 11.5 Å². The molecule has 1 rings (SSSR count). The van der Waals surface area contributed by atoms with Gasteiger partial charge in [-0.15, -0.1) is 0 Å². The number of halogens is 1. The van der Waals surface area contributed by atoms with E-state index in [4.69, 9.17) is 5.73 Å². The molecule has 0 aliphatic carbocycles. The lowest BCUT2D eigenvalue weighted by atomic mass is 10.0. The van der Waals surface area contributed by atoms with Crippen molar-refractivity contribution >= 4 is 11.8 Å². The molecule has 0 saturated heterocycles. The SMILES string of the molecule is Cc1ccc(F)cc1CC(N)CSCC(C)C. The summed E-state index contributed by atoms with van der Waals surface area (Å²) in [6, 6.07) is 5.03. The van der Waals surface area contributed by atoms with E-state index in [0.717, 1.165) is 29.1 Å². The van der Waals surface area contributed by atoms with Crippen LogP contribution in [0.3, 0.4) is 0 Å². The smallest absolute Gasteiger partial charge is 0.123 e. The third kappa shape index (κ3) is 5.55. The van der Waals surface area contributed by atoms with E-state index in [1.165, 1.54) is 6.07 Å². The number of nitrogens with two attached hydrogens (primary N) is 1. The molecule has 1 aromatic rings. The Morgan fingerprint density at radius 3 is 2.65 bits per heavy atom. The molecular weight excluding hydrogens is 233 g/mol. The minimum absolute atomic E-state index is 0.110. The van der Waals surface area contributed by atoms with E-state index in [2.05, 4.69) is 13.8 Å². The van der Waals surface area contributed by atoms with Crippen LogP contribution in [0.25, 0.3) is 0 Å². The Kier molecular flexibility index (Phi) is 6.00. The van der Waals surface area contributed by atoms with Gasteiger partial charge in [-0.2, -0.15) is 11.8 Å². The molecule has 0 amide bonds. The number of hydrogen-bond acceptors (Lipinski definition) is 2. The molecule has 3 heteroatoms. The number of thioether (sulfide) groups is 1. The highest BCUT2D eigenvalue weighted by Crippen LogP contribution is 2.15. The third-order valence-electron chi connectivity index (χ3n) is 2.58. The molecule has 1 unspecified atom stereocenters. The van der Waals surface area contributed by atoms with Gasteiger partial charge in [0.15, 0.2) is 0 Å². The first-order valence-corrected chi connectivity index (χ1v) is 7.23. The molecule has 1 nitrogen and oxygen atoms in total. The fourth-order valence-corrected chi connectivity index (χ4v) is 2.68. The summed E-state index contributed by atoms with van der Waals surface area (Å²) in [6.07, 6.45) is 0.759. The average Bonchev–Trinajstić information content (AvgIpc) is 2.23. The topological polar surface area (TPSA) is 26.0 Å². The van der Waals surface area contributed by atoms with E-state index in [0.29, 0.717) is 5.92 Å². The maximum atomic E-state index is 13.1. The molecule has 0 aromatic heterocycles. The summed E-state index contributed by atoms with van der Waals surface area (Å²) >= 11 is 1.88. The van der Waals surface area contributed by atoms with Crippen LogP contribution >= 0.6 is 11.8 Å². The van der Waals surface area contributed by atoms with Crippen molar-refractivity contribution in [3.8, 4) is 0 Å². The van der Waals surface area contributed by atoms with Gasteiger partial charge in [-0.05, 0) is 48.3 Å². The van der Waals surface area contributed by atoms with Crippen LogP contribution in [-0.4, -0.2) is 17.5 Å². The first-order valence-electron chi connectivity index (χ1n) is 6.07. The van der Waals surface area contributed by atoms with E-state index in [-0.39, 0.29) is 11.9 Å². The van der Waals surface area contributed by atoms with Crippen LogP contribution in [0.2, 0.25) is 0 Å². The Labute approximate surface area is 108 Å². The first kappa shape index (κ1) is 14.5. The number of aryl methyl sites for hydroxylation is 1. The Balaban J connectivity index is 2.44. The molecule has 0 heterocycles. The summed E-state index contributed by atoms with van der Waals surface area (Å²) in [7, 11) is 0. The van der Waals surface area contributed by atoms with Gasteiger partial charge in [0, 0.05) is 11.8 Å². The summed E-state index contributed by atoms with van der Waals surface area (Å²) in [5, 5.41) is 0. The molecule has 1 aromatic carbocycles. The minimum atomic E-state index is -0.173. The molecule has 1 atom stereocenters. The molecule has 0 spiro atoms. The van der Waals surface area contributed by atoms with Crippen LogP contribution in [-0.2, 0) is 6.42 Å². The quantitative estimate of drug-likeness (QED) is 0.843. The van der Waals surface area contributed by atoms with Crippen molar-refractivity contribution in [1.82, 2.24) is 0 Å². The molecule has 0 aliphatic rings. The lowest BCUT2D eigenvalue weighted by molar-refractivity contribution is 0.622. The molecule has 0 fully saturated rings. The molecule has 0 saturated carbocycles. The predicted molar refractivity (Wildman–Crippen MR) is 75.0 cm³/mol. The third-order valence-corrected chi connectivity index (χ3v) is 4.14. The first-order chi connectivity index (χ1) is 7.99. The number of hydrogen-bond donors (Lipinski definition) is 1. The standard InChI is InChI=1S/C14H22FNS/c1-10(2)8-17-9-14(16)7-12-6-13(15)5-4-11(12)3/h4-6,10,14H,7-9,16H2,1-3H3. The van der Waals surface area contributed by atoms with Crippen molar-refractivity contribution < 1.29 is 4.39 Å². The van der Waals surface area contributed by atoms with Gasteiger partial charge in [0.05, 0.1) is 0 Å². The molecule has 17 heavy (non-hydrogen) atoms. The molecular formula is C14H22FNS. The van der Waals surface area contributed by atoms with Crippen LogP contribution in [0.4, 0.5) is 4.39 Å². The van der Waals surface area contributed by atoms with E-state index in [1.54, 1.807) is 6.07 Å². The highest BCUT2D eigenvalue weighted by atomic mass is 32.2. The van der Waals surface area contributed by atoms with Gasteiger partial charge < -0.3 is 5.73 Å². The second-order valence-electron chi connectivity index (χ2n) is 4.97.